The van der Waals surface area contributed by atoms with E-state index in [1.54, 1.807) is 0 Å². The molecular formula is C18H25O3P. The van der Waals surface area contributed by atoms with Gasteiger partial charge in [-0.25, -0.2) is 0 Å². The Kier molecular flexibility index (Phi) is 4.81. The maximum Gasteiger partial charge on any atom is 0.355 e. The third-order valence-electron chi connectivity index (χ3n) is 4.56. The van der Waals surface area contributed by atoms with Crippen LogP contribution in [0, 0.1) is 11.8 Å². The molecule has 0 heterocycles. The van der Waals surface area contributed by atoms with Gasteiger partial charge in [-0.1, -0.05) is 69.0 Å². The molecule has 0 aromatic heterocycles. The zero-order chi connectivity index (χ0) is 16.4. The molecule has 3 nitrogen and oxygen atoms in total. The van der Waals surface area contributed by atoms with Crippen molar-refractivity contribution in [3.05, 3.63) is 61.0 Å². The lowest BCUT2D eigenvalue weighted by Gasteiger charge is -2.39. The van der Waals surface area contributed by atoms with E-state index in [1.165, 1.54) is 5.82 Å². The summed E-state index contributed by atoms with van der Waals surface area (Å²) in [4.78, 5) is 0. The standard InChI is InChI=1S/C18H25O3P/c1-6-22(19,20-17(4)13-9-7-11-15(17)2)21-18(5)14-10-8-12-16(18)3/h6-16H,1H2,2-5H3. The molecule has 0 aromatic carbocycles. The molecule has 0 aliphatic heterocycles. The Morgan fingerprint density at radius 1 is 0.955 bits per heavy atom. The van der Waals surface area contributed by atoms with E-state index in [0.717, 1.165) is 0 Å². The Hall–Kier alpha value is -1.15. The van der Waals surface area contributed by atoms with E-state index in [9.17, 15) is 4.57 Å². The Labute approximate surface area is 133 Å². The number of allylic oxidation sites excluding steroid dienone is 4. The van der Waals surface area contributed by atoms with Crippen LogP contribution in [0.2, 0.25) is 0 Å². The first kappa shape index (κ1) is 17.2. The molecule has 0 radical (unpaired) electrons. The van der Waals surface area contributed by atoms with Crippen LogP contribution in [0.4, 0.5) is 0 Å². The largest absolute Gasteiger partial charge is 0.355 e. The molecule has 0 aromatic rings. The number of hydrogen-bond acceptors (Lipinski definition) is 3. The van der Waals surface area contributed by atoms with E-state index in [4.69, 9.17) is 9.05 Å². The summed E-state index contributed by atoms with van der Waals surface area (Å²) in [6.07, 6.45) is 15.6. The van der Waals surface area contributed by atoms with E-state index in [-0.39, 0.29) is 11.8 Å². The Morgan fingerprint density at radius 3 is 1.68 bits per heavy atom. The maximum atomic E-state index is 13.1. The van der Waals surface area contributed by atoms with Crippen molar-refractivity contribution in [2.45, 2.75) is 38.9 Å². The second kappa shape index (κ2) is 6.16. The van der Waals surface area contributed by atoms with Gasteiger partial charge in [-0.15, -0.1) is 0 Å². The van der Waals surface area contributed by atoms with Gasteiger partial charge in [0.1, 0.15) is 0 Å². The van der Waals surface area contributed by atoms with Crippen LogP contribution in [-0.4, -0.2) is 11.2 Å². The summed E-state index contributed by atoms with van der Waals surface area (Å²) < 4.78 is 25.1. The fraction of sp³-hybridized carbons (Fsp3) is 0.444. The quantitative estimate of drug-likeness (QED) is 0.636. The molecule has 0 saturated heterocycles. The summed E-state index contributed by atoms with van der Waals surface area (Å²) in [5.41, 5.74) is -1.35. The van der Waals surface area contributed by atoms with Gasteiger partial charge in [0, 0.05) is 17.7 Å². The van der Waals surface area contributed by atoms with Crippen molar-refractivity contribution < 1.29 is 13.6 Å². The predicted octanol–water partition coefficient (Wildman–Crippen LogP) is 5.40. The third-order valence-corrected chi connectivity index (χ3v) is 6.30. The summed E-state index contributed by atoms with van der Waals surface area (Å²) in [5.74, 6) is 1.50. The van der Waals surface area contributed by atoms with Crippen molar-refractivity contribution in [1.82, 2.24) is 0 Å². The summed E-state index contributed by atoms with van der Waals surface area (Å²) in [6.45, 7) is 11.6. The van der Waals surface area contributed by atoms with Crippen LogP contribution in [0.25, 0.3) is 0 Å². The molecule has 2 aliphatic carbocycles. The lowest BCUT2D eigenvalue weighted by atomic mass is 9.87. The van der Waals surface area contributed by atoms with Crippen molar-refractivity contribution in [3.63, 3.8) is 0 Å². The van der Waals surface area contributed by atoms with Gasteiger partial charge in [0.05, 0.1) is 11.2 Å². The van der Waals surface area contributed by atoms with E-state index in [2.05, 4.69) is 6.58 Å². The maximum absolute atomic E-state index is 13.1. The molecule has 2 aliphatic rings. The molecule has 2 rings (SSSR count). The first-order chi connectivity index (χ1) is 10.2. The van der Waals surface area contributed by atoms with Crippen LogP contribution < -0.4 is 0 Å². The van der Waals surface area contributed by atoms with Gasteiger partial charge in [-0.3, -0.25) is 13.6 Å². The Bertz CT molecular complexity index is 555. The van der Waals surface area contributed by atoms with Crippen molar-refractivity contribution in [2.24, 2.45) is 11.8 Å². The summed E-state index contributed by atoms with van der Waals surface area (Å²) in [6, 6.07) is 0. The molecule has 22 heavy (non-hydrogen) atoms. The fourth-order valence-electron chi connectivity index (χ4n) is 2.51. The highest BCUT2D eigenvalue weighted by molar-refractivity contribution is 7.57. The van der Waals surface area contributed by atoms with Crippen LogP contribution in [-0.2, 0) is 13.6 Å². The Balaban J connectivity index is 2.23. The zero-order valence-corrected chi connectivity index (χ0v) is 14.6. The van der Waals surface area contributed by atoms with Crippen molar-refractivity contribution in [2.75, 3.05) is 0 Å². The number of hydrogen-bond donors (Lipinski definition) is 0. The molecule has 120 valence electrons. The minimum atomic E-state index is -3.45. The van der Waals surface area contributed by atoms with E-state index < -0.39 is 18.8 Å². The van der Waals surface area contributed by atoms with Gasteiger partial charge in [-0.2, -0.15) is 0 Å². The van der Waals surface area contributed by atoms with Crippen LogP contribution in [0.5, 0.6) is 0 Å². The summed E-state index contributed by atoms with van der Waals surface area (Å²) in [5, 5.41) is 0. The predicted molar refractivity (Wildman–Crippen MR) is 91.7 cm³/mol. The second-order valence-corrected chi connectivity index (χ2v) is 8.15. The first-order valence-electron chi connectivity index (χ1n) is 7.60. The lowest BCUT2D eigenvalue weighted by molar-refractivity contribution is 0.0312. The van der Waals surface area contributed by atoms with Gasteiger partial charge >= 0.3 is 7.60 Å². The minimum absolute atomic E-state index is 0.0985. The molecule has 4 unspecified atom stereocenters. The molecule has 0 saturated carbocycles. The highest BCUT2D eigenvalue weighted by Gasteiger charge is 2.42. The van der Waals surface area contributed by atoms with Gasteiger partial charge in [0.2, 0.25) is 0 Å². The first-order valence-corrected chi connectivity index (χ1v) is 9.21. The van der Waals surface area contributed by atoms with Crippen LogP contribution >= 0.6 is 7.60 Å². The van der Waals surface area contributed by atoms with Crippen LogP contribution in [0.15, 0.2) is 61.0 Å². The number of rotatable bonds is 5. The SMILES string of the molecule is C=CP(=O)(OC1(C)C=CC=CC1C)OC1(C)C=CC=CC1C. The average molecular weight is 320 g/mol. The van der Waals surface area contributed by atoms with Crippen LogP contribution in [0.3, 0.4) is 0 Å². The van der Waals surface area contributed by atoms with Gasteiger partial charge in [-0.05, 0) is 13.8 Å². The Morgan fingerprint density at radius 2 is 1.36 bits per heavy atom. The highest BCUT2D eigenvalue weighted by atomic mass is 31.2. The van der Waals surface area contributed by atoms with E-state index >= 15 is 0 Å². The summed E-state index contributed by atoms with van der Waals surface area (Å²) >= 11 is 0. The smallest absolute Gasteiger partial charge is 0.294 e. The van der Waals surface area contributed by atoms with E-state index in [1.807, 2.05) is 76.3 Å². The van der Waals surface area contributed by atoms with Crippen molar-refractivity contribution in [1.29, 1.82) is 0 Å². The molecule has 4 heteroatoms. The van der Waals surface area contributed by atoms with Crippen molar-refractivity contribution >= 4 is 7.60 Å². The second-order valence-electron chi connectivity index (χ2n) is 6.34. The average Bonchev–Trinajstić information content (AvgIpc) is 2.45. The van der Waals surface area contributed by atoms with Gasteiger partial charge in [0.25, 0.3) is 0 Å². The van der Waals surface area contributed by atoms with Crippen molar-refractivity contribution in [3.8, 4) is 0 Å². The molecule has 0 amide bonds. The van der Waals surface area contributed by atoms with Crippen LogP contribution in [0.1, 0.15) is 27.7 Å². The fourth-order valence-corrected chi connectivity index (χ4v) is 4.25. The van der Waals surface area contributed by atoms with Gasteiger partial charge < -0.3 is 0 Å². The lowest BCUT2D eigenvalue weighted by Crippen LogP contribution is -2.37. The van der Waals surface area contributed by atoms with Gasteiger partial charge in [0.15, 0.2) is 0 Å². The molecule has 0 bridgehead atoms. The molecular weight excluding hydrogens is 295 g/mol. The topological polar surface area (TPSA) is 35.5 Å². The molecule has 0 fully saturated rings. The monoisotopic (exact) mass is 320 g/mol. The molecule has 0 spiro atoms. The molecule has 4 atom stereocenters. The minimum Gasteiger partial charge on any atom is -0.294 e. The summed E-state index contributed by atoms with van der Waals surface area (Å²) in [7, 11) is -3.45. The molecule has 0 N–H and O–H groups in total. The zero-order valence-electron chi connectivity index (χ0n) is 13.7. The highest BCUT2D eigenvalue weighted by Crippen LogP contribution is 2.58. The third kappa shape index (κ3) is 3.43. The normalized spacial score (nSPS) is 39.6. The van der Waals surface area contributed by atoms with E-state index in [0.29, 0.717) is 0 Å².